The van der Waals surface area contributed by atoms with Crippen LogP contribution in [0.1, 0.15) is 57.6 Å². The molecule has 21 heavy (non-hydrogen) atoms. The van der Waals surface area contributed by atoms with E-state index in [1.54, 1.807) is 0 Å². The molecular formula is C18H31N3. The fourth-order valence-electron chi connectivity index (χ4n) is 3.12. The molecule has 2 rings (SSSR count). The van der Waals surface area contributed by atoms with Crippen LogP contribution in [0.4, 0.5) is 5.82 Å². The average Bonchev–Trinajstić information content (AvgIpc) is 2.63. The average molecular weight is 289 g/mol. The standard InChI is InChI=1S/C18H31N3/c1-14(2)11-19-12-17-10-15(3)18(20-13-17)21-9-7-5-6-8-16(21)4/h10,13-14,16,19H,5-9,11-12H2,1-4H3. The molecule has 0 amide bonds. The van der Waals surface area contributed by atoms with Crippen molar-refractivity contribution in [1.29, 1.82) is 0 Å². The smallest absolute Gasteiger partial charge is 0.131 e. The number of hydrogen-bond acceptors (Lipinski definition) is 3. The van der Waals surface area contributed by atoms with E-state index in [2.05, 4.69) is 44.0 Å². The Kier molecular flexibility index (Phi) is 6.04. The van der Waals surface area contributed by atoms with E-state index in [4.69, 9.17) is 4.98 Å². The maximum absolute atomic E-state index is 4.78. The summed E-state index contributed by atoms with van der Waals surface area (Å²) in [5, 5.41) is 3.49. The summed E-state index contributed by atoms with van der Waals surface area (Å²) >= 11 is 0. The number of nitrogens with one attached hydrogen (secondary N) is 1. The predicted octanol–water partition coefficient (Wildman–Crippen LogP) is 3.90. The van der Waals surface area contributed by atoms with Gasteiger partial charge in [-0.25, -0.2) is 4.98 Å². The van der Waals surface area contributed by atoms with Gasteiger partial charge in [-0.05, 0) is 56.3 Å². The van der Waals surface area contributed by atoms with Crippen LogP contribution in [0, 0.1) is 12.8 Å². The molecule has 0 bridgehead atoms. The quantitative estimate of drug-likeness (QED) is 0.891. The van der Waals surface area contributed by atoms with Crippen LogP contribution in [0.5, 0.6) is 0 Å². The second kappa shape index (κ2) is 7.79. The van der Waals surface area contributed by atoms with Crippen molar-refractivity contribution < 1.29 is 0 Å². The lowest BCUT2D eigenvalue weighted by atomic mass is 10.1. The van der Waals surface area contributed by atoms with Gasteiger partial charge in [0, 0.05) is 25.3 Å². The highest BCUT2D eigenvalue weighted by molar-refractivity contribution is 5.48. The molecule has 3 heteroatoms. The maximum Gasteiger partial charge on any atom is 0.131 e. The van der Waals surface area contributed by atoms with Crippen molar-refractivity contribution in [3.8, 4) is 0 Å². The molecule has 0 aliphatic carbocycles. The Hall–Kier alpha value is -1.09. The molecule has 0 aromatic carbocycles. The van der Waals surface area contributed by atoms with E-state index in [0.717, 1.165) is 19.6 Å². The summed E-state index contributed by atoms with van der Waals surface area (Å²) < 4.78 is 0. The van der Waals surface area contributed by atoms with Gasteiger partial charge in [0.25, 0.3) is 0 Å². The van der Waals surface area contributed by atoms with Gasteiger partial charge >= 0.3 is 0 Å². The third kappa shape index (κ3) is 4.70. The van der Waals surface area contributed by atoms with Gasteiger partial charge in [-0.2, -0.15) is 0 Å². The molecular weight excluding hydrogens is 258 g/mol. The van der Waals surface area contributed by atoms with Crippen molar-refractivity contribution in [2.45, 2.75) is 66.0 Å². The number of aromatic nitrogens is 1. The van der Waals surface area contributed by atoms with Gasteiger partial charge in [0.05, 0.1) is 0 Å². The fourth-order valence-corrected chi connectivity index (χ4v) is 3.12. The van der Waals surface area contributed by atoms with E-state index < -0.39 is 0 Å². The highest BCUT2D eigenvalue weighted by Gasteiger charge is 2.19. The zero-order valence-electron chi connectivity index (χ0n) is 14.2. The Balaban J connectivity index is 2.04. The normalized spacial score (nSPS) is 19.9. The van der Waals surface area contributed by atoms with Gasteiger partial charge in [-0.15, -0.1) is 0 Å². The molecule has 1 aromatic heterocycles. The van der Waals surface area contributed by atoms with Crippen LogP contribution >= 0.6 is 0 Å². The van der Waals surface area contributed by atoms with Crippen LogP contribution in [0.2, 0.25) is 0 Å². The summed E-state index contributed by atoms with van der Waals surface area (Å²) in [4.78, 5) is 7.29. The van der Waals surface area contributed by atoms with E-state index in [1.807, 2.05) is 6.20 Å². The molecule has 1 aliphatic heterocycles. The largest absolute Gasteiger partial charge is 0.354 e. The van der Waals surface area contributed by atoms with E-state index in [9.17, 15) is 0 Å². The van der Waals surface area contributed by atoms with Crippen molar-refractivity contribution in [3.05, 3.63) is 23.4 Å². The van der Waals surface area contributed by atoms with Gasteiger partial charge in [0.2, 0.25) is 0 Å². The second-order valence-electron chi connectivity index (χ2n) is 6.90. The molecule has 2 heterocycles. The highest BCUT2D eigenvalue weighted by atomic mass is 15.2. The van der Waals surface area contributed by atoms with E-state index in [0.29, 0.717) is 12.0 Å². The molecule has 3 nitrogen and oxygen atoms in total. The van der Waals surface area contributed by atoms with Gasteiger partial charge in [0.1, 0.15) is 5.82 Å². The predicted molar refractivity (Wildman–Crippen MR) is 90.8 cm³/mol. The van der Waals surface area contributed by atoms with Crippen molar-refractivity contribution in [3.63, 3.8) is 0 Å². The molecule has 118 valence electrons. The van der Waals surface area contributed by atoms with Gasteiger partial charge in [-0.3, -0.25) is 0 Å². The molecule has 1 saturated heterocycles. The van der Waals surface area contributed by atoms with E-state index in [-0.39, 0.29) is 0 Å². The second-order valence-corrected chi connectivity index (χ2v) is 6.90. The van der Waals surface area contributed by atoms with Crippen LogP contribution in [-0.2, 0) is 6.54 Å². The number of pyridine rings is 1. The molecule has 0 radical (unpaired) electrons. The van der Waals surface area contributed by atoms with Crippen LogP contribution in [-0.4, -0.2) is 24.1 Å². The Morgan fingerprint density at radius 1 is 1.33 bits per heavy atom. The topological polar surface area (TPSA) is 28.2 Å². The van der Waals surface area contributed by atoms with Crippen LogP contribution in [0.3, 0.4) is 0 Å². The first-order valence-electron chi connectivity index (χ1n) is 8.51. The van der Waals surface area contributed by atoms with Gasteiger partial charge < -0.3 is 10.2 Å². The zero-order valence-corrected chi connectivity index (χ0v) is 14.2. The fraction of sp³-hybridized carbons (Fsp3) is 0.722. The molecule has 0 spiro atoms. The Bertz CT molecular complexity index is 442. The Labute approximate surface area is 130 Å². The third-order valence-electron chi connectivity index (χ3n) is 4.31. The summed E-state index contributed by atoms with van der Waals surface area (Å²) in [5.74, 6) is 1.88. The minimum absolute atomic E-state index is 0.614. The molecule has 1 fully saturated rings. The lowest BCUT2D eigenvalue weighted by molar-refractivity contribution is 0.551. The monoisotopic (exact) mass is 289 g/mol. The lowest BCUT2D eigenvalue weighted by Crippen LogP contribution is -2.33. The number of rotatable bonds is 5. The summed E-state index contributed by atoms with van der Waals surface area (Å²) in [6.07, 6.45) is 7.35. The van der Waals surface area contributed by atoms with E-state index in [1.165, 1.54) is 42.6 Å². The summed E-state index contributed by atoms with van der Waals surface area (Å²) in [6.45, 7) is 12.1. The van der Waals surface area contributed by atoms with Gasteiger partial charge in [0.15, 0.2) is 0 Å². The maximum atomic E-state index is 4.78. The first-order chi connectivity index (χ1) is 10.1. The van der Waals surface area contributed by atoms with E-state index >= 15 is 0 Å². The minimum atomic E-state index is 0.614. The molecule has 1 aliphatic rings. The first kappa shape index (κ1) is 16.3. The highest BCUT2D eigenvalue weighted by Crippen LogP contribution is 2.25. The molecule has 1 unspecified atom stereocenters. The molecule has 1 aromatic rings. The molecule has 0 saturated carbocycles. The number of aryl methyl sites for hydroxylation is 1. The number of anilines is 1. The Morgan fingerprint density at radius 3 is 2.86 bits per heavy atom. The van der Waals surface area contributed by atoms with Crippen molar-refractivity contribution >= 4 is 5.82 Å². The first-order valence-corrected chi connectivity index (χ1v) is 8.51. The van der Waals surface area contributed by atoms with Crippen LogP contribution in [0.15, 0.2) is 12.3 Å². The van der Waals surface area contributed by atoms with Crippen molar-refractivity contribution in [2.24, 2.45) is 5.92 Å². The zero-order chi connectivity index (χ0) is 15.2. The van der Waals surface area contributed by atoms with Crippen LogP contribution in [0.25, 0.3) is 0 Å². The minimum Gasteiger partial charge on any atom is -0.354 e. The molecule has 1 atom stereocenters. The SMILES string of the molecule is Cc1cc(CNCC(C)C)cnc1N1CCCCCC1C. The number of hydrogen-bond donors (Lipinski definition) is 1. The van der Waals surface area contributed by atoms with Crippen LogP contribution < -0.4 is 10.2 Å². The summed E-state index contributed by atoms with van der Waals surface area (Å²) in [5.41, 5.74) is 2.60. The summed E-state index contributed by atoms with van der Waals surface area (Å²) in [6, 6.07) is 2.91. The summed E-state index contributed by atoms with van der Waals surface area (Å²) in [7, 11) is 0. The Morgan fingerprint density at radius 2 is 2.14 bits per heavy atom. The number of nitrogens with zero attached hydrogens (tertiary/aromatic N) is 2. The third-order valence-corrected chi connectivity index (χ3v) is 4.31. The lowest BCUT2D eigenvalue weighted by Gasteiger charge is -2.29. The van der Waals surface area contributed by atoms with Gasteiger partial charge in [-0.1, -0.05) is 26.7 Å². The van der Waals surface area contributed by atoms with Crippen molar-refractivity contribution in [1.82, 2.24) is 10.3 Å². The molecule has 1 N–H and O–H groups in total. The van der Waals surface area contributed by atoms with Crippen molar-refractivity contribution in [2.75, 3.05) is 18.0 Å².